The number of fused-ring (bicyclic) bond motifs is 1. The van der Waals surface area contributed by atoms with E-state index in [2.05, 4.69) is 40.1 Å². The van der Waals surface area contributed by atoms with Gasteiger partial charge in [-0.1, -0.05) is 60.7 Å². The second-order valence-electron chi connectivity index (χ2n) is 9.54. The van der Waals surface area contributed by atoms with Crippen LogP contribution in [0.15, 0.2) is 60.7 Å². The van der Waals surface area contributed by atoms with Gasteiger partial charge in [0.05, 0.1) is 13.0 Å². The average molecular weight is 405 g/mol. The predicted octanol–water partition coefficient (Wildman–Crippen LogP) is 3.76. The summed E-state index contributed by atoms with van der Waals surface area (Å²) in [6, 6.07) is 20.9. The molecule has 2 spiro atoms. The highest BCUT2D eigenvalue weighted by Gasteiger charge is 2.59. The molecule has 0 radical (unpaired) electrons. The molecule has 0 unspecified atom stereocenters. The van der Waals surface area contributed by atoms with Gasteiger partial charge in [-0.25, -0.2) is 0 Å². The summed E-state index contributed by atoms with van der Waals surface area (Å²) in [4.78, 5) is 17.6. The molecule has 0 N–H and O–H groups in total. The first-order valence-electron chi connectivity index (χ1n) is 11.3. The van der Waals surface area contributed by atoms with Gasteiger partial charge in [-0.2, -0.15) is 0 Å². The number of rotatable bonds is 4. The Balaban J connectivity index is 1.27. The van der Waals surface area contributed by atoms with Crippen LogP contribution in [0.2, 0.25) is 0 Å². The van der Waals surface area contributed by atoms with Crippen LogP contribution >= 0.6 is 0 Å². The molecule has 4 nitrogen and oxygen atoms in total. The molecule has 3 aliphatic heterocycles. The SMILES string of the molecule is O=C(Cc1ccccc1)N1CCC2(CC1)CN(Cc1ccccc1)C[C@@]21CCOC1. The van der Waals surface area contributed by atoms with Crippen molar-refractivity contribution in [2.24, 2.45) is 10.8 Å². The van der Waals surface area contributed by atoms with E-state index in [0.29, 0.717) is 6.42 Å². The Morgan fingerprint density at radius 2 is 1.47 bits per heavy atom. The summed E-state index contributed by atoms with van der Waals surface area (Å²) in [5, 5.41) is 0. The number of carbonyl (C=O) groups excluding carboxylic acids is 1. The number of benzene rings is 2. The van der Waals surface area contributed by atoms with E-state index in [0.717, 1.165) is 70.8 Å². The maximum absolute atomic E-state index is 12.9. The minimum absolute atomic E-state index is 0.260. The second-order valence-corrected chi connectivity index (χ2v) is 9.54. The van der Waals surface area contributed by atoms with E-state index in [-0.39, 0.29) is 16.7 Å². The third-order valence-electron chi connectivity index (χ3n) is 7.80. The lowest BCUT2D eigenvalue weighted by Crippen LogP contribution is -2.51. The summed E-state index contributed by atoms with van der Waals surface area (Å²) in [7, 11) is 0. The quantitative estimate of drug-likeness (QED) is 0.778. The summed E-state index contributed by atoms with van der Waals surface area (Å²) in [6.45, 7) is 6.81. The van der Waals surface area contributed by atoms with Crippen LogP contribution in [-0.2, 0) is 22.5 Å². The number of hydrogen-bond donors (Lipinski definition) is 0. The van der Waals surface area contributed by atoms with E-state index in [4.69, 9.17) is 4.74 Å². The summed E-state index contributed by atoms with van der Waals surface area (Å²) >= 11 is 0. The Bertz CT molecular complexity index is 853. The van der Waals surface area contributed by atoms with E-state index >= 15 is 0 Å². The zero-order chi connectivity index (χ0) is 20.4. The van der Waals surface area contributed by atoms with Gasteiger partial charge in [-0.15, -0.1) is 0 Å². The molecule has 2 aromatic rings. The molecule has 3 heterocycles. The molecular weight excluding hydrogens is 372 g/mol. The summed E-state index contributed by atoms with van der Waals surface area (Å²) in [6.07, 6.45) is 3.88. The van der Waals surface area contributed by atoms with Gasteiger partial charge in [0, 0.05) is 44.7 Å². The lowest BCUT2D eigenvalue weighted by atomic mass is 9.60. The molecule has 1 amide bonds. The van der Waals surface area contributed by atoms with Gasteiger partial charge in [0.15, 0.2) is 0 Å². The zero-order valence-corrected chi connectivity index (χ0v) is 17.8. The lowest BCUT2D eigenvalue weighted by molar-refractivity contribution is -0.134. The van der Waals surface area contributed by atoms with Crippen LogP contribution in [0.5, 0.6) is 0 Å². The van der Waals surface area contributed by atoms with Crippen LogP contribution in [0.4, 0.5) is 0 Å². The highest BCUT2D eigenvalue weighted by atomic mass is 16.5. The molecule has 158 valence electrons. The maximum atomic E-state index is 12.9. The molecule has 0 bridgehead atoms. The van der Waals surface area contributed by atoms with Crippen LogP contribution in [0.1, 0.15) is 30.4 Å². The predicted molar refractivity (Wildman–Crippen MR) is 118 cm³/mol. The van der Waals surface area contributed by atoms with Crippen LogP contribution < -0.4 is 0 Å². The molecule has 0 aromatic heterocycles. The zero-order valence-electron chi connectivity index (χ0n) is 17.8. The highest BCUT2D eigenvalue weighted by Crippen LogP contribution is 2.57. The van der Waals surface area contributed by atoms with E-state index in [1.54, 1.807) is 0 Å². The minimum atomic E-state index is 0.260. The first-order chi connectivity index (χ1) is 14.7. The van der Waals surface area contributed by atoms with E-state index in [1.165, 1.54) is 5.56 Å². The van der Waals surface area contributed by atoms with Crippen molar-refractivity contribution < 1.29 is 9.53 Å². The van der Waals surface area contributed by atoms with Crippen molar-refractivity contribution in [2.75, 3.05) is 39.4 Å². The highest BCUT2D eigenvalue weighted by molar-refractivity contribution is 5.78. The Hall–Kier alpha value is -2.17. The number of carbonyl (C=O) groups is 1. The molecule has 4 heteroatoms. The van der Waals surface area contributed by atoms with E-state index in [9.17, 15) is 4.79 Å². The largest absolute Gasteiger partial charge is 0.381 e. The van der Waals surface area contributed by atoms with Gasteiger partial charge in [0.25, 0.3) is 0 Å². The topological polar surface area (TPSA) is 32.8 Å². The lowest BCUT2D eigenvalue weighted by Gasteiger charge is -2.47. The first-order valence-corrected chi connectivity index (χ1v) is 11.3. The molecule has 5 rings (SSSR count). The molecule has 0 aliphatic carbocycles. The van der Waals surface area contributed by atoms with Gasteiger partial charge in [0.2, 0.25) is 5.91 Å². The normalized spacial score (nSPS) is 25.9. The van der Waals surface area contributed by atoms with Crippen molar-refractivity contribution in [3.05, 3.63) is 71.8 Å². The van der Waals surface area contributed by atoms with Crippen molar-refractivity contribution in [1.82, 2.24) is 9.80 Å². The summed E-state index contributed by atoms with van der Waals surface area (Å²) in [5.41, 5.74) is 3.04. The standard InChI is InChI=1S/C26H32N2O2/c29-24(17-22-7-3-1-4-8-22)28-14-11-25(12-15-28)19-27(18-23-9-5-2-6-10-23)20-26(25)13-16-30-21-26/h1-10H,11-21H2/t26-/m1/s1. The maximum Gasteiger partial charge on any atom is 0.226 e. The molecule has 3 saturated heterocycles. The Labute approximate surface area is 179 Å². The third-order valence-corrected chi connectivity index (χ3v) is 7.80. The number of amides is 1. The van der Waals surface area contributed by atoms with Crippen molar-refractivity contribution in [1.29, 1.82) is 0 Å². The molecule has 30 heavy (non-hydrogen) atoms. The van der Waals surface area contributed by atoms with Crippen LogP contribution in [-0.4, -0.2) is 55.1 Å². The second kappa shape index (κ2) is 8.16. The van der Waals surface area contributed by atoms with Gasteiger partial charge in [-0.05, 0) is 35.8 Å². The van der Waals surface area contributed by atoms with Gasteiger partial charge in [0.1, 0.15) is 0 Å². The van der Waals surface area contributed by atoms with Crippen molar-refractivity contribution in [2.45, 2.75) is 32.2 Å². The fraction of sp³-hybridized carbons (Fsp3) is 0.500. The number of piperidine rings is 1. The van der Waals surface area contributed by atoms with Gasteiger partial charge < -0.3 is 9.64 Å². The Kier molecular flexibility index (Phi) is 5.38. The Morgan fingerprint density at radius 1 is 0.833 bits per heavy atom. The number of likely N-dealkylation sites (tertiary alicyclic amines) is 2. The van der Waals surface area contributed by atoms with Crippen LogP contribution in [0.25, 0.3) is 0 Å². The van der Waals surface area contributed by atoms with E-state index in [1.807, 2.05) is 30.3 Å². The van der Waals surface area contributed by atoms with Gasteiger partial charge >= 0.3 is 0 Å². The molecular formula is C26H32N2O2. The number of nitrogens with zero attached hydrogens (tertiary/aromatic N) is 2. The van der Waals surface area contributed by atoms with Crippen LogP contribution in [0.3, 0.4) is 0 Å². The monoisotopic (exact) mass is 404 g/mol. The summed E-state index contributed by atoms with van der Waals surface area (Å²) in [5.74, 6) is 0.270. The average Bonchev–Trinajstić information content (AvgIpc) is 3.36. The molecule has 1 atom stereocenters. The number of hydrogen-bond acceptors (Lipinski definition) is 3. The molecule has 3 fully saturated rings. The third kappa shape index (κ3) is 3.67. The summed E-state index contributed by atoms with van der Waals surface area (Å²) < 4.78 is 5.95. The van der Waals surface area contributed by atoms with Gasteiger partial charge in [-0.3, -0.25) is 9.69 Å². The fourth-order valence-corrected chi connectivity index (χ4v) is 6.11. The Morgan fingerprint density at radius 3 is 2.10 bits per heavy atom. The van der Waals surface area contributed by atoms with Crippen LogP contribution in [0, 0.1) is 10.8 Å². The van der Waals surface area contributed by atoms with Crippen molar-refractivity contribution in [3.63, 3.8) is 0 Å². The molecule has 2 aromatic carbocycles. The molecule has 3 aliphatic rings. The smallest absolute Gasteiger partial charge is 0.226 e. The number of ether oxygens (including phenoxy) is 1. The first kappa shape index (κ1) is 19.8. The van der Waals surface area contributed by atoms with Crippen molar-refractivity contribution in [3.8, 4) is 0 Å². The van der Waals surface area contributed by atoms with E-state index < -0.39 is 0 Å². The van der Waals surface area contributed by atoms with Crippen molar-refractivity contribution >= 4 is 5.91 Å². The fourth-order valence-electron chi connectivity index (χ4n) is 6.11. The molecule has 0 saturated carbocycles. The minimum Gasteiger partial charge on any atom is -0.381 e.